The van der Waals surface area contributed by atoms with Gasteiger partial charge in [0, 0.05) is 12.7 Å². The van der Waals surface area contributed by atoms with Crippen molar-refractivity contribution in [2.75, 3.05) is 0 Å². The number of benzene rings is 2. The minimum Gasteiger partial charge on any atom is -0.320 e. The van der Waals surface area contributed by atoms with Gasteiger partial charge in [-0.15, -0.1) is 11.3 Å². The maximum absolute atomic E-state index is 13.2. The van der Waals surface area contributed by atoms with Crippen LogP contribution in [0.5, 0.6) is 0 Å². The lowest BCUT2D eigenvalue weighted by Gasteiger charge is -2.13. The average molecular weight is 462 g/mol. The number of fused-ring (bicyclic) bond motifs is 1. The van der Waals surface area contributed by atoms with Gasteiger partial charge in [-0.3, -0.25) is 0 Å². The van der Waals surface area contributed by atoms with Crippen LogP contribution in [0.15, 0.2) is 46.3 Å². The van der Waals surface area contributed by atoms with E-state index in [1.165, 1.54) is 16.8 Å². The summed E-state index contributed by atoms with van der Waals surface area (Å²) in [7, 11) is 0. The lowest BCUT2D eigenvalue weighted by Crippen LogP contribution is -2.13. The molecule has 1 unspecified atom stereocenters. The van der Waals surface area contributed by atoms with Gasteiger partial charge in [-0.1, -0.05) is 18.2 Å². The number of nitrogens with two attached hydrogens (primary N) is 1. The Morgan fingerprint density at radius 1 is 1.20 bits per heavy atom. The van der Waals surface area contributed by atoms with Gasteiger partial charge in [-0.25, -0.2) is 4.39 Å². The summed E-state index contributed by atoms with van der Waals surface area (Å²) in [5, 5.41) is 3.23. The minimum atomic E-state index is -0.245. The summed E-state index contributed by atoms with van der Waals surface area (Å²) in [4.78, 5) is 0. The van der Waals surface area contributed by atoms with E-state index in [4.69, 9.17) is 5.73 Å². The van der Waals surface area contributed by atoms with Gasteiger partial charge in [0.2, 0.25) is 0 Å². The quantitative estimate of drug-likeness (QED) is 0.504. The maximum atomic E-state index is 13.2. The van der Waals surface area contributed by atoms with E-state index < -0.39 is 0 Å². The monoisotopic (exact) mass is 461 g/mol. The summed E-state index contributed by atoms with van der Waals surface area (Å²) in [6.45, 7) is 0. The zero-order valence-corrected chi connectivity index (χ0v) is 14.8. The van der Waals surface area contributed by atoms with Crippen LogP contribution in [0.25, 0.3) is 10.1 Å². The van der Waals surface area contributed by atoms with Crippen LogP contribution in [-0.2, 0) is 0 Å². The summed E-state index contributed by atoms with van der Waals surface area (Å²) in [6, 6.07) is 10.6. The van der Waals surface area contributed by atoms with Crippen molar-refractivity contribution in [2.24, 2.45) is 5.73 Å². The number of halogens is 3. The third-order valence-electron chi connectivity index (χ3n) is 3.21. The van der Waals surface area contributed by atoms with Gasteiger partial charge in [0.25, 0.3) is 0 Å². The molecule has 1 atom stereocenters. The molecule has 0 aliphatic rings. The molecule has 3 aromatic rings. The fourth-order valence-corrected chi connectivity index (χ4v) is 4.68. The molecule has 20 heavy (non-hydrogen) atoms. The molecule has 1 aromatic heterocycles. The first kappa shape index (κ1) is 14.4. The average Bonchev–Trinajstić information content (AvgIpc) is 2.83. The Kier molecular flexibility index (Phi) is 4.12. The summed E-state index contributed by atoms with van der Waals surface area (Å²) in [5.74, 6) is -0.233. The van der Waals surface area contributed by atoms with Crippen molar-refractivity contribution < 1.29 is 4.39 Å². The van der Waals surface area contributed by atoms with Crippen molar-refractivity contribution in [1.29, 1.82) is 0 Å². The Labute approximate surface area is 142 Å². The molecule has 0 fully saturated rings. The standard InChI is InChI=1S/C15H10BrFINS/c16-12-3-1-2-9-11(7-20-15(9)12)14(19)10-5-4-8(17)6-13(10)18/h1-7,14H,19H2. The molecule has 0 saturated carbocycles. The predicted molar refractivity (Wildman–Crippen MR) is 94.7 cm³/mol. The Morgan fingerprint density at radius 3 is 2.75 bits per heavy atom. The molecule has 0 bridgehead atoms. The normalized spacial score (nSPS) is 12.8. The highest BCUT2D eigenvalue weighted by Crippen LogP contribution is 2.37. The van der Waals surface area contributed by atoms with Crippen molar-refractivity contribution in [3.05, 3.63) is 66.8 Å². The van der Waals surface area contributed by atoms with Gasteiger partial charge >= 0.3 is 0 Å². The lowest BCUT2D eigenvalue weighted by molar-refractivity contribution is 0.625. The first-order chi connectivity index (χ1) is 9.58. The van der Waals surface area contributed by atoms with Crippen LogP contribution in [0.4, 0.5) is 4.39 Å². The molecule has 2 N–H and O–H groups in total. The van der Waals surface area contributed by atoms with Crippen LogP contribution in [0.1, 0.15) is 17.2 Å². The molecule has 0 radical (unpaired) electrons. The molecule has 0 aliphatic heterocycles. The Balaban J connectivity index is 2.13. The Morgan fingerprint density at radius 2 is 2.00 bits per heavy atom. The largest absolute Gasteiger partial charge is 0.320 e. The molecule has 102 valence electrons. The van der Waals surface area contributed by atoms with Crippen molar-refractivity contribution >= 4 is 59.9 Å². The third-order valence-corrected chi connectivity index (χ3v) is 6.12. The molecule has 0 aliphatic carbocycles. The maximum Gasteiger partial charge on any atom is 0.124 e. The van der Waals surface area contributed by atoms with E-state index in [0.717, 1.165) is 24.6 Å². The second-order valence-corrected chi connectivity index (χ2v) is 7.35. The highest BCUT2D eigenvalue weighted by atomic mass is 127. The number of hydrogen-bond acceptors (Lipinski definition) is 2. The van der Waals surface area contributed by atoms with E-state index in [1.807, 2.05) is 12.1 Å². The van der Waals surface area contributed by atoms with E-state index in [2.05, 4.69) is 50.0 Å². The van der Waals surface area contributed by atoms with Crippen LogP contribution in [0.3, 0.4) is 0 Å². The van der Waals surface area contributed by atoms with E-state index >= 15 is 0 Å². The van der Waals surface area contributed by atoms with Gasteiger partial charge in [0.15, 0.2) is 0 Å². The fourth-order valence-electron chi connectivity index (χ4n) is 2.20. The van der Waals surface area contributed by atoms with E-state index in [-0.39, 0.29) is 11.9 Å². The van der Waals surface area contributed by atoms with Crippen molar-refractivity contribution in [1.82, 2.24) is 0 Å². The van der Waals surface area contributed by atoms with Crippen molar-refractivity contribution in [2.45, 2.75) is 6.04 Å². The molecule has 1 heterocycles. The first-order valence-corrected chi connectivity index (χ1v) is 8.69. The molecule has 3 rings (SSSR count). The SMILES string of the molecule is NC(c1ccc(F)cc1I)c1csc2c(Br)cccc12. The lowest BCUT2D eigenvalue weighted by atomic mass is 9.99. The molecule has 0 spiro atoms. The van der Waals surface area contributed by atoms with Gasteiger partial charge < -0.3 is 5.73 Å². The summed E-state index contributed by atoms with van der Waals surface area (Å²) >= 11 is 7.36. The van der Waals surface area contributed by atoms with E-state index in [0.29, 0.717) is 0 Å². The third kappa shape index (κ3) is 2.52. The van der Waals surface area contributed by atoms with E-state index in [1.54, 1.807) is 17.4 Å². The van der Waals surface area contributed by atoms with Crippen LogP contribution < -0.4 is 5.73 Å². The molecule has 2 aromatic carbocycles. The van der Waals surface area contributed by atoms with Crippen molar-refractivity contribution in [3.8, 4) is 0 Å². The summed E-state index contributed by atoms with van der Waals surface area (Å²) in [5.41, 5.74) is 8.42. The zero-order valence-electron chi connectivity index (χ0n) is 10.2. The second kappa shape index (κ2) is 5.71. The number of thiophene rings is 1. The Bertz CT molecular complexity index is 787. The number of rotatable bonds is 2. The number of hydrogen-bond donors (Lipinski definition) is 1. The molecule has 0 saturated heterocycles. The Hall–Kier alpha value is -0.500. The van der Waals surface area contributed by atoms with Crippen LogP contribution in [-0.4, -0.2) is 0 Å². The van der Waals surface area contributed by atoms with Crippen LogP contribution in [0, 0.1) is 9.39 Å². The molecule has 5 heteroatoms. The van der Waals surface area contributed by atoms with Gasteiger partial charge in [-0.05, 0) is 78.6 Å². The highest BCUT2D eigenvalue weighted by Gasteiger charge is 2.17. The van der Waals surface area contributed by atoms with Crippen LogP contribution >= 0.6 is 49.9 Å². The van der Waals surface area contributed by atoms with Gasteiger partial charge in [-0.2, -0.15) is 0 Å². The van der Waals surface area contributed by atoms with Crippen molar-refractivity contribution in [3.63, 3.8) is 0 Å². The minimum absolute atomic E-state index is 0.233. The molecule has 1 nitrogen and oxygen atoms in total. The predicted octanol–water partition coefficient (Wildman–Crippen LogP) is 5.46. The molecule has 0 amide bonds. The topological polar surface area (TPSA) is 26.0 Å². The highest BCUT2D eigenvalue weighted by molar-refractivity contribution is 14.1. The summed E-state index contributed by atoms with van der Waals surface area (Å²) in [6.07, 6.45) is 0. The zero-order chi connectivity index (χ0) is 14.3. The second-order valence-electron chi connectivity index (χ2n) is 4.45. The van der Waals surface area contributed by atoms with Gasteiger partial charge in [0.05, 0.1) is 6.04 Å². The van der Waals surface area contributed by atoms with Crippen LogP contribution in [0.2, 0.25) is 0 Å². The van der Waals surface area contributed by atoms with Gasteiger partial charge in [0.1, 0.15) is 5.82 Å². The molecular formula is C15H10BrFINS. The molecular weight excluding hydrogens is 452 g/mol. The fraction of sp³-hybridized carbons (Fsp3) is 0.0667. The smallest absolute Gasteiger partial charge is 0.124 e. The summed E-state index contributed by atoms with van der Waals surface area (Å²) < 4.78 is 16.3. The van der Waals surface area contributed by atoms with E-state index in [9.17, 15) is 4.39 Å². The first-order valence-electron chi connectivity index (χ1n) is 5.94.